The summed E-state index contributed by atoms with van der Waals surface area (Å²) < 4.78 is 106. The summed E-state index contributed by atoms with van der Waals surface area (Å²) in [5, 5.41) is 16.8. The molecule has 3 aromatic rings. The van der Waals surface area contributed by atoms with Gasteiger partial charge in [-0.1, -0.05) is 5.21 Å². The van der Waals surface area contributed by atoms with E-state index in [4.69, 9.17) is 0 Å². The summed E-state index contributed by atoms with van der Waals surface area (Å²) in [6, 6.07) is 0.0862. The molecule has 0 radical (unpaired) electrons. The first-order valence-electron chi connectivity index (χ1n) is 14.4. The minimum Gasteiger partial charge on any atom is -0.349 e. The second kappa shape index (κ2) is 12.5. The van der Waals surface area contributed by atoms with Crippen LogP contribution in [0.4, 0.5) is 35.1 Å². The number of nitrogens with zero attached hydrogens (tertiary/aromatic N) is 6. The van der Waals surface area contributed by atoms with E-state index in [-0.39, 0.29) is 35.8 Å². The Balaban J connectivity index is 1.39. The zero-order chi connectivity index (χ0) is 32.6. The lowest BCUT2D eigenvalue weighted by Gasteiger charge is -2.33. The molecule has 2 atom stereocenters. The lowest BCUT2D eigenvalue weighted by atomic mass is 9.81. The molecule has 0 spiro atoms. The Morgan fingerprint density at radius 1 is 0.933 bits per heavy atom. The average Bonchev–Trinajstić information content (AvgIpc) is 3.52. The fourth-order valence-corrected chi connectivity index (χ4v) is 5.51. The molecule has 3 heterocycles. The molecule has 0 bridgehead atoms. The third-order valence-electron chi connectivity index (χ3n) is 8.06. The number of aryl methyl sites for hydroxylation is 1. The number of nitrogens with one attached hydrogen (secondary N) is 2. The van der Waals surface area contributed by atoms with Crippen LogP contribution in [0.25, 0.3) is 5.65 Å². The van der Waals surface area contributed by atoms with Gasteiger partial charge in [0.15, 0.2) is 5.65 Å². The maximum absolute atomic E-state index is 14.0. The number of hydrogen-bond acceptors (Lipinski definition) is 6. The first kappa shape index (κ1) is 32.5. The van der Waals surface area contributed by atoms with Crippen molar-refractivity contribution in [1.82, 2.24) is 40.2 Å². The molecule has 45 heavy (non-hydrogen) atoms. The van der Waals surface area contributed by atoms with Crippen LogP contribution in [0.2, 0.25) is 0 Å². The molecule has 0 saturated heterocycles. The molecule has 5 rings (SSSR count). The van der Waals surface area contributed by atoms with Crippen molar-refractivity contribution in [1.29, 1.82) is 0 Å². The van der Waals surface area contributed by atoms with Crippen molar-refractivity contribution in [3.8, 4) is 0 Å². The first-order chi connectivity index (χ1) is 21.1. The normalized spacial score (nSPS) is 18.9. The molecule has 3 aromatic heterocycles. The molecule has 2 amide bonds. The van der Waals surface area contributed by atoms with Crippen LogP contribution < -0.4 is 10.6 Å². The Bertz CT molecular complexity index is 1500. The summed E-state index contributed by atoms with van der Waals surface area (Å²) >= 11 is 0. The number of hydrogen-bond donors (Lipinski definition) is 2. The van der Waals surface area contributed by atoms with Crippen LogP contribution in [0.15, 0.2) is 24.7 Å². The highest BCUT2D eigenvalue weighted by Gasteiger charge is 2.40. The van der Waals surface area contributed by atoms with Crippen molar-refractivity contribution in [3.05, 3.63) is 41.6 Å². The van der Waals surface area contributed by atoms with E-state index in [1.807, 2.05) is 0 Å². The van der Waals surface area contributed by atoms with E-state index in [1.165, 1.54) is 16.9 Å². The standard InChI is InChI=1S/C27H30F8N8O2/c28-25(29)6-3-16(4-7-25)23(40-24(45)19-13-36-41-42(19)10-9-27(33,34)35)18-14-43-20(38-18)11-17(12-37-43)22(15-1-2-15)39-21(44)5-8-26(30,31)32/h11-16,22-23H,1-10H2,(H,39,44)(H,40,45)/t22?,23-/m0/s1. The van der Waals surface area contributed by atoms with Gasteiger partial charge in [-0.25, -0.2) is 23.0 Å². The average molecular weight is 651 g/mol. The Hall–Kier alpha value is -3.86. The van der Waals surface area contributed by atoms with Crippen molar-refractivity contribution >= 4 is 17.5 Å². The summed E-state index contributed by atoms with van der Waals surface area (Å²) in [5.74, 6) is -4.93. The highest BCUT2D eigenvalue weighted by molar-refractivity contribution is 5.92. The van der Waals surface area contributed by atoms with Crippen LogP contribution in [0.5, 0.6) is 0 Å². The van der Waals surface area contributed by atoms with E-state index in [9.17, 15) is 44.7 Å². The number of carbonyl (C=O) groups is 2. The van der Waals surface area contributed by atoms with Crippen molar-refractivity contribution in [2.24, 2.45) is 11.8 Å². The fourth-order valence-electron chi connectivity index (χ4n) is 5.51. The lowest BCUT2D eigenvalue weighted by Crippen LogP contribution is -2.38. The predicted octanol–water partition coefficient (Wildman–Crippen LogP) is 5.48. The Morgan fingerprint density at radius 2 is 1.60 bits per heavy atom. The quantitative estimate of drug-likeness (QED) is 0.266. The Kier molecular flexibility index (Phi) is 9.04. The highest BCUT2D eigenvalue weighted by Crippen LogP contribution is 2.43. The van der Waals surface area contributed by atoms with Crippen LogP contribution in [0.3, 0.4) is 0 Å². The molecule has 0 aromatic carbocycles. The summed E-state index contributed by atoms with van der Waals surface area (Å²) in [6.07, 6.45) is -7.53. The number of rotatable bonds is 11. The molecule has 2 aliphatic rings. The van der Waals surface area contributed by atoms with E-state index < -0.39 is 86.7 Å². The topological polar surface area (TPSA) is 119 Å². The van der Waals surface area contributed by atoms with Gasteiger partial charge in [0.2, 0.25) is 11.8 Å². The van der Waals surface area contributed by atoms with Crippen molar-refractivity contribution in [3.63, 3.8) is 0 Å². The maximum Gasteiger partial charge on any atom is 0.390 e. The van der Waals surface area contributed by atoms with E-state index >= 15 is 0 Å². The highest BCUT2D eigenvalue weighted by atomic mass is 19.4. The van der Waals surface area contributed by atoms with Crippen molar-refractivity contribution < 1.29 is 44.7 Å². The molecule has 2 aliphatic carbocycles. The van der Waals surface area contributed by atoms with Gasteiger partial charge in [-0.05, 0) is 49.1 Å². The Labute approximate surface area is 250 Å². The number of imidazole rings is 1. The minimum absolute atomic E-state index is 0.00488. The number of halogens is 8. The minimum atomic E-state index is -4.50. The monoisotopic (exact) mass is 650 g/mol. The van der Waals surface area contributed by atoms with E-state index in [2.05, 4.69) is 31.0 Å². The second-order valence-corrected chi connectivity index (χ2v) is 11.6. The molecule has 18 heteroatoms. The summed E-state index contributed by atoms with van der Waals surface area (Å²) in [6.45, 7) is -0.650. The number of aromatic nitrogens is 6. The smallest absolute Gasteiger partial charge is 0.349 e. The molecule has 2 N–H and O–H groups in total. The van der Waals surface area contributed by atoms with Crippen LogP contribution >= 0.6 is 0 Å². The lowest BCUT2D eigenvalue weighted by molar-refractivity contribution is -0.144. The first-order valence-corrected chi connectivity index (χ1v) is 14.4. The maximum atomic E-state index is 14.0. The van der Waals surface area contributed by atoms with Crippen LogP contribution in [-0.2, 0) is 11.3 Å². The largest absolute Gasteiger partial charge is 0.390 e. The van der Waals surface area contributed by atoms with Crippen LogP contribution in [0.1, 0.15) is 91.6 Å². The van der Waals surface area contributed by atoms with Gasteiger partial charge in [0, 0.05) is 19.3 Å². The molecule has 0 aliphatic heterocycles. The SMILES string of the molecule is O=C(CCC(F)(F)F)NC(c1cnn2cc([C@@H](NC(=O)c3cnnn3CCC(F)(F)F)C3CCC(F)(F)CC3)nc2c1)C1CC1. The second-order valence-electron chi connectivity index (χ2n) is 11.6. The van der Waals surface area contributed by atoms with Gasteiger partial charge >= 0.3 is 12.4 Å². The fraction of sp³-hybridized carbons (Fsp3) is 0.630. The molecular weight excluding hydrogens is 620 g/mol. The van der Waals surface area contributed by atoms with Gasteiger partial charge in [0.1, 0.15) is 5.69 Å². The van der Waals surface area contributed by atoms with Gasteiger partial charge < -0.3 is 10.6 Å². The molecular formula is C27H30F8N8O2. The predicted molar refractivity (Wildman–Crippen MR) is 140 cm³/mol. The molecule has 1 unspecified atom stereocenters. The number of alkyl halides is 8. The van der Waals surface area contributed by atoms with E-state index in [0.29, 0.717) is 5.56 Å². The molecule has 246 valence electrons. The van der Waals surface area contributed by atoms with Crippen molar-refractivity contribution in [2.75, 3.05) is 0 Å². The molecule has 10 nitrogen and oxygen atoms in total. The van der Waals surface area contributed by atoms with Gasteiger partial charge in [0.25, 0.3) is 5.91 Å². The van der Waals surface area contributed by atoms with Gasteiger partial charge in [0.05, 0.1) is 55.8 Å². The summed E-state index contributed by atoms with van der Waals surface area (Å²) in [4.78, 5) is 30.1. The van der Waals surface area contributed by atoms with Gasteiger partial charge in [-0.3, -0.25) is 9.59 Å². The number of fused-ring (bicyclic) bond motifs is 1. The molecule has 2 fully saturated rings. The molecule has 2 saturated carbocycles. The van der Waals surface area contributed by atoms with Crippen molar-refractivity contribution in [2.45, 2.75) is 94.7 Å². The van der Waals surface area contributed by atoms with E-state index in [1.54, 1.807) is 6.07 Å². The van der Waals surface area contributed by atoms with Crippen LogP contribution in [-0.4, -0.2) is 59.7 Å². The summed E-state index contributed by atoms with van der Waals surface area (Å²) in [5.41, 5.74) is 0.799. The van der Waals surface area contributed by atoms with Crippen LogP contribution in [0, 0.1) is 11.8 Å². The van der Waals surface area contributed by atoms with Gasteiger partial charge in [-0.15, -0.1) is 5.10 Å². The summed E-state index contributed by atoms with van der Waals surface area (Å²) in [7, 11) is 0. The van der Waals surface area contributed by atoms with E-state index in [0.717, 1.165) is 23.7 Å². The number of carbonyl (C=O) groups excluding carboxylic acids is 2. The Morgan fingerprint density at radius 3 is 2.24 bits per heavy atom. The zero-order valence-electron chi connectivity index (χ0n) is 23.7. The zero-order valence-corrected chi connectivity index (χ0v) is 23.7. The van der Waals surface area contributed by atoms with Gasteiger partial charge in [-0.2, -0.15) is 31.4 Å². The number of amides is 2. The third kappa shape index (κ3) is 8.65. The third-order valence-corrected chi connectivity index (χ3v) is 8.06.